The summed E-state index contributed by atoms with van der Waals surface area (Å²) in [7, 11) is 0. The van der Waals surface area contributed by atoms with Crippen molar-refractivity contribution >= 4 is 17.5 Å². The third-order valence-corrected chi connectivity index (χ3v) is 6.69. The SMILES string of the molecule is O=C(NC1=C(C(=O)c2ccc(C(=O)c3cc(O)c(O)c(O)c3)cc2)N(Cc2ccccc2)C=CC=C1)c1cccc(O)c1. The van der Waals surface area contributed by atoms with E-state index in [0.717, 1.165) is 17.7 Å². The number of phenolic OH excluding ortho intramolecular Hbond substituents is 4. The molecule has 1 heterocycles. The fourth-order valence-corrected chi connectivity index (χ4v) is 4.53. The van der Waals surface area contributed by atoms with Gasteiger partial charge in [0.05, 0.1) is 5.70 Å². The lowest BCUT2D eigenvalue weighted by molar-refractivity contribution is 0.0962. The van der Waals surface area contributed by atoms with Crippen molar-refractivity contribution in [3.8, 4) is 23.0 Å². The number of hydrogen-bond donors (Lipinski definition) is 5. The first-order chi connectivity index (χ1) is 20.7. The van der Waals surface area contributed by atoms with Crippen molar-refractivity contribution in [1.29, 1.82) is 0 Å². The topological polar surface area (TPSA) is 147 Å². The van der Waals surface area contributed by atoms with Crippen LogP contribution in [-0.4, -0.2) is 42.8 Å². The zero-order chi connectivity index (χ0) is 30.5. The molecule has 4 aromatic rings. The number of ketones is 2. The van der Waals surface area contributed by atoms with E-state index in [9.17, 15) is 34.8 Å². The first-order valence-electron chi connectivity index (χ1n) is 13.2. The Bertz CT molecular complexity index is 1780. The van der Waals surface area contributed by atoms with Crippen molar-refractivity contribution in [3.05, 3.63) is 155 Å². The average molecular weight is 575 g/mol. The molecule has 43 heavy (non-hydrogen) atoms. The number of phenols is 4. The molecule has 4 aromatic carbocycles. The number of benzene rings is 4. The Morgan fingerprint density at radius 3 is 1.95 bits per heavy atom. The summed E-state index contributed by atoms with van der Waals surface area (Å²) >= 11 is 0. The van der Waals surface area contributed by atoms with Gasteiger partial charge >= 0.3 is 0 Å². The maximum atomic E-state index is 14.1. The monoisotopic (exact) mass is 574 g/mol. The van der Waals surface area contributed by atoms with Crippen LogP contribution >= 0.6 is 0 Å². The van der Waals surface area contributed by atoms with Gasteiger partial charge in [-0.15, -0.1) is 0 Å². The molecule has 0 radical (unpaired) electrons. The number of amides is 1. The smallest absolute Gasteiger partial charge is 0.255 e. The number of Topliss-reactive ketones (excluding diaryl/α,β-unsaturated/α-hetero) is 1. The fourth-order valence-electron chi connectivity index (χ4n) is 4.53. The third kappa shape index (κ3) is 6.31. The predicted octanol–water partition coefficient (Wildman–Crippen LogP) is 5.15. The molecular weight excluding hydrogens is 548 g/mol. The van der Waals surface area contributed by atoms with Crippen LogP contribution in [0.25, 0.3) is 0 Å². The van der Waals surface area contributed by atoms with Crippen LogP contribution in [-0.2, 0) is 6.54 Å². The van der Waals surface area contributed by atoms with Gasteiger partial charge in [0.15, 0.2) is 23.0 Å². The summed E-state index contributed by atoms with van der Waals surface area (Å²) in [5.74, 6) is -3.60. The highest BCUT2D eigenvalue weighted by Crippen LogP contribution is 2.36. The summed E-state index contributed by atoms with van der Waals surface area (Å²) in [4.78, 5) is 41.9. The summed E-state index contributed by atoms with van der Waals surface area (Å²) < 4.78 is 0. The summed E-state index contributed by atoms with van der Waals surface area (Å²) in [6.45, 7) is 0.315. The van der Waals surface area contributed by atoms with Crippen LogP contribution in [0.2, 0.25) is 0 Å². The van der Waals surface area contributed by atoms with E-state index in [1.54, 1.807) is 41.5 Å². The lowest BCUT2D eigenvalue weighted by Gasteiger charge is -2.25. The maximum absolute atomic E-state index is 14.1. The van der Waals surface area contributed by atoms with E-state index in [1.807, 2.05) is 30.3 Å². The zero-order valence-electron chi connectivity index (χ0n) is 22.6. The summed E-state index contributed by atoms with van der Waals surface area (Å²) in [6.07, 6.45) is 6.78. The van der Waals surface area contributed by atoms with Crippen molar-refractivity contribution in [3.63, 3.8) is 0 Å². The third-order valence-electron chi connectivity index (χ3n) is 6.69. The van der Waals surface area contributed by atoms with Crippen molar-refractivity contribution in [2.45, 2.75) is 6.54 Å². The van der Waals surface area contributed by atoms with E-state index in [0.29, 0.717) is 6.54 Å². The molecule has 0 unspecified atom stereocenters. The van der Waals surface area contributed by atoms with Crippen molar-refractivity contribution in [1.82, 2.24) is 10.2 Å². The van der Waals surface area contributed by atoms with Gasteiger partial charge in [0.2, 0.25) is 5.78 Å². The summed E-state index contributed by atoms with van der Waals surface area (Å²) in [5.41, 5.74) is 1.87. The van der Waals surface area contributed by atoms with E-state index >= 15 is 0 Å². The second-order valence-electron chi connectivity index (χ2n) is 9.68. The first-order valence-corrected chi connectivity index (χ1v) is 13.2. The number of nitrogens with one attached hydrogen (secondary N) is 1. The van der Waals surface area contributed by atoms with E-state index in [4.69, 9.17) is 0 Å². The van der Waals surface area contributed by atoms with E-state index in [-0.39, 0.29) is 39.4 Å². The molecule has 0 fully saturated rings. The molecule has 5 N–H and O–H groups in total. The highest BCUT2D eigenvalue weighted by Gasteiger charge is 2.25. The van der Waals surface area contributed by atoms with Gasteiger partial charge in [0.1, 0.15) is 11.4 Å². The molecule has 0 aromatic heterocycles. The summed E-state index contributed by atoms with van der Waals surface area (Å²) in [6, 6.07) is 23.2. The molecule has 9 heteroatoms. The highest BCUT2D eigenvalue weighted by atomic mass is 16.3. The molecule has 0 saturated carbocycles. The molecular formula is C34H26N2O7. The maximum Gasteiger partial charge on any atom is 0.255 e. The number of rotatable bonds is 8. The highest BCUT2D eigenvalue weighted by molar-refractivity contribution is 6.12. The van der Waals surface area contributed by atoms with Crippen LogP contribution in [0.5, 0.6) is 23.0 Å². The minimum Gasteiger partial charge on any atom is -0.508 e. The van der Waals surface area contributed by atoms with Crippen LogP contribution in [0.15, 0.2) is 127 Å². The molecule has 1 amide bonds. The van der Waals surface area contributed by atoms with Gasteiger partial charge in [-0.1, -0.05) is 66.7 Å². The van der Waals surface area contributed by atoms with Gasteiger partial charge in [-0.3, -0.25) is 14.4 Å². The molecule has 5 rings (SSSR count). The number of allylic oxidation sites excluding steroid dienone is 4. The molecule has 1 aliphatic rings. The van der Waals surface area contributed by atoms with Gasteiger partial charge in [-0.25, -0.2) is 0 Å². The van der Waals surface area contributed by atoms with Crippen LogP contribution in [0, 0.1) is 0 Å². The van der Waals surface area contributed by atoms with Crippen LogP contribution in [0.1, 0.15) is 42.2 Å². The van der Waals surface area contributed by atoms with Crippen LogP contribution in [0.4, 0.5) is 0 Å². The van der Waals surface area contributed by atoms with Gasteiger partial charge in [0.25, 0.3) is 5.91 Å². The minimum atomic E-state index is -0.732. The lowest BCUT2D eigenvalue weighted by Crippen LogP contribution is -2.30. The zero-order valence-corrected chi connectivity index (χ0v) is 22.6. The Morgan fingerprint density at radius 2 is 1.30 bits per heavy atom. The van der Waals surface area contributed by atoms with Gasteiger partial charge in [0, 0.05) is 35.0 Å². The molecule has 0 aliphatic carbocycles. The average Bonchev–Trinajstić information content (AvgIpc) is 3.21. The van der Waals surface area contributed by atoms with Crippen molar-refractivity contribution < 1.29 is 34.8 Å². The van der Waals surface area contributed by atoms with Gasteiger partial charge in [-0.05, 0) is 48.0 Å². The number of hydrogen-bond acceptors (Lipinski definition) is 8. The molecule has 9 nitrogen and oxygen atoms in total. The Hall–Kier alpha value is -6.09. The molecule has 1 aliphatic heterocycles. The van der Waals surface area contributed by atoms with Crippen LogP contribution in [0.3, 0.4) is 0 Å². The lowest BCUT2D eigenvalue weighted by atomic mass is 9.98. The Labute approximate surface area is 246 Å². The van der Waals surface area contributed by atoms with Gasteiger partial charge in [-0.2, -0.15) is 0 Å². The number of aromatic hydroxyl groups is 4. The predicted molar refractivity (Wildman–Crippen MR) is 159 cm³/mol. The quantitative estimate of drug-likeness (QED) is 0.143. The van der Waals surface area contributed by atoms with E-state index in [1.165, 1.54) is 36.4 Å². The molecule has 214 valence electrons. The Morgan fingerprint density at radius 1 is 0.651 bits per heavy atom. The largest absolute Gasteiger partial charge is 0.508 e. The standard InChI is InChI=1S/C34H26N2O7/c37-26-10-6-9-24(17-26)34(43)35-27-11-4-5-16-36(20-21-7-2-1-3-8-21)30(27)32(41)23-14-12-22(13-15-23)31(40)25-18-28(38)33(42)29(39)19-25/h1-19,37-39,42H,20H2,(H,35,43). The van der Waals surface area contributed by atoms with Crippen molar-refractivity contribution in [2.24, 2.45) is 0 Å². The Kier molecular flexibility index (Phi) is 8.06. The molecule has 0 spiro atoms. The van der Waals surface area contributed by atoms with Gasteiger partial charge < -0.3 is 30.6 Å². The van der Waals surface area contributed by atoms with Crippen molar-refractivity contribution in [2.75, 3.05) is 0 Å². The first kappa shape index (κ1) is 28.4. The molecule has 0 bridgehead atoms. The minimum absolute atomic E-state index is 0.0559. The molecule has 0 atom stereocenters. The van der Waals surface area contributed by atoms with E-state index < -0.39 is 34.7 Å². The second-order valence-corrected chi connectivity index (χ2v) is 9.68. The second kappa shape index (κ2) is 12.2. The van der Waals surface area contributed by atoms with E-state index in [2.05, 4.69) is 5.32 Å². The number of nitrogens with zero attached hydrogens (tertiary/aromatic N) is 1. The number of carbonyl (C=O) groups is 3. The number of carbonyl (C=O) groups excluding carboxylic acids is 3. The molecule has 0 saturated heterocycles. The Balaban J connectivity index is 1.51. The van der Waals surface area contributed by atoms with Crippen LogP contribution < -0.4 is 5.32 Å². The normalized spacial score (nSPS) is 12.6. The summed E-state index contributed by atoms with van der Waals surface area (Å²) in [5, 5.41) is 41.8. The fraction of sp³-hybridized carbons (Fsp3) is 0.0294.